The van der Waals surface area contributed by atoms with Crippen molar-refractivity contribution in [2.24, 2.45) is 0 Å². The van der Waals surface area contributed by atoms with Crippen LogP contribution >= 0.6 is 0 Å². The molecule has 2 rings (SSSR count). The number of nitrogens with one attached hydrogen (secondary N) is 1. The molecule has 0 unspecified atom stereocenters. The number of rotatable bonds is 5. The maximum absolute atomic E-state index is 12.4. The molecule has 0 aromatic heterocycles. The average molecular weight is 329 g/mol. The van der Waals surface area contributed by atoms with Crippen LogP contribution in [0.5, 0.6) is 0 Å². The monoisotopic (exact) mass is 329 g/mol. The van der Waals surface area contributed by atoms with Crippen LogP contribution in [0.4, 0.5) is 13.2 Å². The number of sulfonamides is 1. The minimum Gasteiger partial charge on any atom is -0.212 e. The fourth-order valence-corrected chi connectivity index (χ4v) is 2.97. The molecule has 0 spiro atoms. The van der Waals surface area contributed by atoms with Gasteiger partial charge in [0.15, 0.2) is 0 Å². The molecule has 0 heterocycles. The SMILES string of the molecule is O=S(=O)(Cc1ccccc1)NCc1ccc(C(F)(F)F)cc1. The second-order valence-corrected chi connectivity index (χ2v) is 6.57. The molecule has 0 fully saturated rings. The third-order valence-corrected chi connectivity index (χ3v) is 4.27. The summed E-state index contributed by atoms with van der Waals surface area (Å²) in [4.78, 5) is 0. The van der Waals surface area contributed by atoms with Crippen molar-refractivity contribution in [3.8, 4) is 0 Å². The quantitative estimate of drug-likeness (QED) is 0.915. The van der Waals surface area contributed by atoms with Gasteiger partial charge in [-0.2, -0.15) is 13.2 Å². The lowest BCUT2D eigenvalue weighted by Crippen LogP contribution is -2.24. The van der Waals surface area contributed by atoms with Gasteiger partial charge in [-0.25, -0.2) is 13.1 Å². The third kappa shape index (κ3) is 4.85. The van der Waals surface area contributed by atoms with Crippen LogP contribution in [0.1, 0.15) is 16.7 Å². The van der Waals surface area contributed by atoms with Gasteiger partial charge in [-0.3, -0.25) is 0 Å². The molecule has 1 N–H and O–H groups in total. The molecule has 0 amide bonds. The molecular formula is C15H14F3NO2S. The molecule has 2 aromatic carbocycles. The van der Waals surface area contributed by atoms with E-state index < -0.39 is 21.8 Å². The second kappa shape index (κ2) is 6.50. The summed E-state index contributed by atoms with van der Waals surface area (Å²) in [5.41, 5.74) is 0.343. The smallest absolute Gasteiger partial charge is 0.212 e. The summed E-state index contributed by atoms with van der Waals surface area (Å²) in [6.07, 6.45) is -4.40. The fraction of sp³-hybridized carbons (Fsp3) is 0.200. The van der Waals surface area contributed by atoms with Gasteiger partial charge in [-0.05, 0) is 23.3 Å². The van der Waals surface area contributed by atoms with E-state index in [0.29, 0.717) is 11.1 Å². The summed E-state index contributed by atoms with van der Waals surface area (Å²) >= 11 is 0. The van der Waals surface area contributed by atoms with E-state index in [0.717, 1.165) is 12.1 Å². The van der Waals surface area contributed by atoms with E-state index in [1.165, 1.54) is 12.1 Å². The first kappa shape index (κ1) is 16.5. The average Bonchev–Trinajstić information content (AvgIpc) is 2.45. The molecule has 0 atom stereocenters. The highest BCUT2D eigenvalue weighted by atomic mass is 32.2. The first-order chi connectivity index (χ1) is 10.3. The van der Waals surface area contributed by atoms with Crippen molar-refractivity contribution in [3.05, 3.63) is 71.3 Å². The first-order valence-electron chi connectivity index (χ1n) is 6.44. The van der Waals surface area contributed by atoms with E-state index in [4.69, 9.17) is 0 Å². The topological polar surface area (TPSA) is 46.2 Å². The number of alkyl halides is 3. The van der Waals surface area contributed by atoms with Gasteiger partial charge in [0.2, 0.25) is 10.0 Å². The lowest BCUT2D eigenvalue weighted by molar-refractivity contribution is -0.137. The lowest BCUT2D eigenvalue weighted by Gasteiger charge is -2.09. The predicted molar refractivity (Wildman–Crippen MR) is 77.3 cm³/mol. The van der Waals surface area contributed by atoms with E-state index in [9.17, 15) is 21.6 Å². The third-order valence-electron chi connectivity index (χ3n) is 2.98. The summed E-state index contributed by atoms with van der Waals surface area (Å²) in [5, 5.41) is 0. The van der Waals surface area contributed by atoms with Gasteiger partial charge in [-0.15, -0.1) is 0 Å². The Hall–Kier alpha value is -1.86. The Labute approximate surface area is 126 Å². The zero-order valence-corrected chi connectivity index (χ0v) is 12.3. The minimum absolute atomic E-state index is 0.0483. The Balaban J connectivity index is 1.97. The van der Waals surface area contributed by atoms with Crippen LogP contribution in [-0.2, 0) is 28.5 Å². The van der Waals surface area contributed by atoms with Crippen molar-refractivity contribution >= 4 is 10.0 Å². The van der Waals surface area contributed by atoms with Crippen molar-refractivity contribution < 1.29 is 21.6 Å². The Morgan fingerprint density at radius 2 is 1.45 bits per heavy atom. The van der Waals surface area contributed by atoms with E-state index >= 15 is 0 Å². The van der Waals surface area contributed by atoms with Crippen LogP contribution in [0.15, 0.2) is 54.6 Å². The highest BCUT2D eigenvalue weighted by Crippen LogP contribution is 2.29. The van der Waals surface area contributed by atoms with Crippen molar-refractivity contribution in [2.45, 2.75) is 18.5 Å². The van der Waals surface area contributed by atoms with Gasteiger partial charge in [-0.1, -0.05) is 42.5 Å². The van der Waals surface area contributed by atoms with Gasteiger partial charge >= 0.3 is 6.18 Å². The summed E-state index contributed by atoms with van der Waals surface area (Å²) < 4.78 is 63.5. The van der Waals surface area contributed by atoms with Gasteiger partial charge in [0.25, 0.3) is 0 Å². The normalized spacial score (nSPS) is 12.3. The van der Waals surface area contributed by atoms with E-state index in [-0.39, 0.29) is 12.3 Å². The van der Waals surface area contributed by atoms with Gasteiger partial charge in [0, 0.05) is 6.54 Å². The van der Waals surface area contributed by atoms with Crippen molar-refractivity contribution in [2.75, 3.05) is 0 Å². The Bertz CT molecular complexity index is 711. The van der Waals surface area contributed by atoms with E-state index in [2.05, 4.69) is 4.72 Å². The maximum atomic E-state index is 12.4. The Morgan fingerprint density at radius 1 is 0.864 bits per heavy atom. The highest BCUT2D eigenvalue weighted by molar-refractivity contribution is 7.88. The molecule has 22 heavy (non-hydrogen) atoms. The van der Waals surface area contributed by atoms with Crippen molar-refractivity contribution in [1.29, 1.82) is 0 Å². The largest absolute Gasteiger partial charge is 0.416 e. The number of benzene rings is 2. The molecule has 0 radical (unpaired) electrons. The molecule has 7 heteroatoms. The van der Waals surface area contributed by atoms with E-state index in [1.807, 2.05) is 0 Å². The Morgan fingerprint density at radius 3 is 2.00 bits per heavy atom. The number of hydrogen-bond acceptors (Lipinski definition) is 2. The number of halogens is 3. The van der Waals surface area contributed by atoms with Crippen molar-refractivity contribution in [3.63, 3.8) is 0 Å². The highest BCUT2D eigenvalue weighted by Gasteiger charge is 2.29. The number of hydrogen-bond donors (Lipinski definition) is 1. The van der Waals surface area contributed by atoms with Gasteiger partial charge < -0.3 is 0 Å². The second-order valence-electron chi connectivity index (χ2n) is 4.76. The standard InChI is InChI=1S/C15H14F3NO2S/c16-15(17,18)14-8-6-12(7-9-14)10-19-22(20,21)11-13-4-2-1-3-5-13/h1-9,19H,10-11H2. The minimum atomic E-state index is -4.40. The molecule has 0 aliphatic rings. The lowest BCUT2D eigenvalue weighted by atomic mass is 10.1. The molecule has 2 aromatic rings. The van der Waals surface area contributed by atoms with Crippen molar-refractivity contribution in [1.82, 2.24) is 4.72 Å². The molecule has 3 nitrogen and oxygen atoms in total. The van der Waals surface area contributed by atoms with Crippen LogP contribution in [0, 0.1) is 0 Å². The van der Waals surface area contributed by atoms with Gasteiger partial charge in [0.05, 0.1) is 11.3 Å². The Kier molecular flexibility index (Phi) is 4.87. The fourth-order valence-electron chi connectivity index (χ4n) is 1.85. The van der Waals surface area contributed by atoms with E-state index in [1.54, 1.807) is 30.3 Å². The molecule has 0 saturated carbocycles. The van der Waals surface area contributed by atoms with Crippen LogP contribution < -0.4 is 4.72 Å². The summed E-state index contributed by atoms with van der Waals surface area (Å²) in [7, 11) is -3.54. The molecular weight excluding hydrogens is 315 g/mol. The van der Waals surface area contributed by atoms with Crippen LogP contribution in [0.25, 0.3) is 0 Å². The van der Waals surface area contributed by atoms with Gasteiger partial charge in [0.1, 0.15) is 0 Å². The summed E-state index contributed by atoms with van der Waals surface area (Å²) in [6, 6.07) is 13.0. The molecule has 0 bridgehead atoms. The molecule has 0 saturated heterocycles. The summed E-state index contributed by atoms with van der Waals surface area (Å²) in [6.45, 7) is -0.0483. The predicted octanol–water partition coefficient (Wildman–Crippen LogP) is 3.33. The molecule has 0 aliphatic heterocycles. The summed E-state index contributed by atoms with van der Waals surface area (Å²) in [5.74, 6) is -0.172. The molecule has 0 aliphatic carbocycles. The van der Waals surface area contributed by atoms with Crippen LogP contribution in [0.3, 0.4) is 0 Å². The zero-order valence-electron chi connectivity index (χ0n) is 11.5. The molecule has 118 valence electrons. The zero-order chi connectivity index (χ0) is 16.2. The first-order valence-corrected chi connectivity index (χ1v) is 8.09. The van der Waals surface area contributed by atoms with Crippen LogP contribution in [-0.4, -0.2) is 8.42 Å². The maximum Gasteiger partial charge on any atom is 0.416 e. The van der Waals surface area contributed by atoms with Crippen LogP contribution in [0.2, 0.25) is 0 Å².